The Kier molecular flexibility index (Phi) is 9.18. The second-order valence-electron chi connectivity index (χ2n) is 7.97. The molecule has 0 bridgehead atoms. The number of likely N-dealkylation sites (tertiary alicyclic amines) is 1. The summed E-state index contributed by atoms with van der Waals surface area (Å²) in [7, 11) is 0. The number of carbonyl (C=O) groups excluding carboxylic acids is 1. The lowest BCUT2D eigenvalue weighted by Crippen LogP contribution is -2.27. The summed E-state index contributed by atoms with van der Waals surface area (Å²) in [6.45, 7) is 3.71. The van der Waals surface area contributed by atoms with Gasteiger partial charge in [-0.2, -0.15) is 0 Å². The fourth-order valence-corrected chi connectivity index (χ4v) is 4.01. The highest BCUT2D eigenvalue weighted by Crippen LogP contribution is 2.22. The first-order valence-corrected chi connectivity index (χ1v) is 11.1. The summed E-state index contributed by atoms with van der Waals surface area (Å²) in [4.78, 5) is 20.5. The van der Waals surface area contributed by atoms with Gasteiger partial charge in [-0.1, -0.05) is 35.5 Å². The van der Waals surface area contributed by atoms with Crippen molar-refractivity contribution in [1.82, 2.24) is 4.90 Å². The van der Waals surface area contributed by atoms with Gasteiger partial charge in [0.25, 0.3) is 0 Å². The number of oxime groups is 1. The molecule has 5 nitrogen and oxygen atoms in total. The zero-order valence-electron chi connectivity index (χ0n) is 18.0. The molecule has 1 heterocycles. The van der Waals surface area contributed by atoms with Crippen LogP contribution in [0.25, 0.3) is 0 Å². The Bertz CT molecular complexity index is 840. The molecule has 1 aliphatic rings. The first-order valence-electron chi connectivity index (χ1n) is 11.1. The van der Waals surface area contributed by atoms with Crippen molar-refractivity contribution >= 4 is 11.5 Å². The van der Waals surface area contributed by atoms with Crippen LogP contribution in [0, 0.1) is 11.7 Å². The first kappa shape index (κ1) is 23.1. The van der Waals surface area contributed by atoms with Gasteiger partial charge in [-0.25, -0.2) is 4.39 Å². The van der Waals surface area contributed by atoms with Crippen LogP contribution in [0.4, 0.5) is 4.39 Å². The fraction of sp³-hybridized carbons (Fsp3) is 0.440. The SMILES string of the molecule is NCCON=C(CCCN1CCCC(C(=O)c2ccc(F)cc2)CC1)c1ccccc1. The number of rotatable bonds is 10. The van der Waals surface area contributed by atoms with Crippen molar-refractivity contribution in [3.63, 3.8) is 0 Å². The molecule has 2 aromatic rings. The van der Waals surface area contributed by atoms with Crippen LogP contribution in [0.2, 0.25) is 0 Å². The number of Topliss-reactive ketones (excluding diaryl/α,β-unsaturated/α-hetero) is 1. The third-order valence-electron chi connectivity index (χ3n) is 5.70. The average Bonchev–Trinajstić information content (AvgIpc) is 3.04. The highest BCUT2D eigenvalue weighted by molar-refractivity contribution is 6.00. The maximum absolute atomic E-state index is 13.1. The van der Waals surface area contributed by atoms with E-state index in [0.29, 0.717) is 18.7 Å². The van der Waals surface area contributed by atoms with Gasteiger partial charge >= 0.3 is 0 Å². The van der Waals surface area contributed by atoms with Crippen molar-refractivity contribution in [3.8, 4) is 0 Å². The van der Waals surface area contributed by atoms with Gasteiger partial charge in [0.15, 0.2) is 5.78 Å². The number of hydrogen-bond acceptors (Lipinski definition) is 5. The van der Waals surface area contributed by atoms with Crippen LogP contribution in [0.3, 0.4) is 0 Å². The maximum atomic E-state index is 13.1. The Morgan fingerprint density at radius 3 is 2.58 bits per heavy atom. The second kappa shape index (κ2) is 12.3. The smallest absolute Gasteiger partial charge is 0.165 e. The first-order chi connectivity index (χ1) is 15.2. The Morgan fingerprint density at radius 2 is 1.84 bits per heavy atom. The molecule has 1 fully saturated rings. The molecule has 3 rings (SSSR count). The number of benzene rings is 2. The van der Waals surface area contributed by atoms with Crippen LogP contribution in [0.15, 0.2) is 59.8 Å². The van der Waals surface area contributed by atoms with Gasteiger partial charge in [0, 0.05) is 18.0 Å². The predicted octanol–water partition coefficient (Wildman–Crippen LogP) is 4.27. The maximum Gasteiger partial charge on any atom is 0.165 e. The molecule has 0 spiro atoms. The zero-order chi connectivity index (χ0) is 21.9. The lowest BCUT2D eigenvalue weighted by atomic mass is 9.91. The molecule has 6 heteroatoms. The molecule has 1 atom stereocenters. The summed E-state index contributed by atoms with van der Waals surface area (Å²) < 4.78 is 13.1. The normalized spacial score (nSPS) is 17.9. The van der Waals surface area contributed by atoms with Crippen molar-refractivity contribution in [1.29, 1.82) is 0 Å². The zero-order valence-corrected chi connectivity index (χ0v) is 18.0. The quantitative estimate of drug-likeness (QED) is 0.267. The van der Waals surface area contributed by atoms with Gasteiger partial charge in [-0.3, -0.25) is 4.79 Å². The van der Waals surface area contributed by atoms with Crippen LogP contribution >= 0.6 is 0 Å². The minimum atomic E-state index is -0.310. The average molecular weight is 426 g/mol. The molecule has 1 unspecified atom stereocenters. The molecule has 1 aliphatic heterocycles. The molecule has 2 aromatic carbocycles. The van der Waals surface area contributed by atoms with E-state index in [1.54, 1.807) is 12.1 Å². The van der Waals surface area contributed by atoms with Gasteiger partial charge in [-0.15, -0.1) is 0 Å². The molecule has 1 saturated heterocycles. The molecule has 31 heavy (non-hydrogen) atoms. The van der Waals surface area contributed by atoms with Crippen molar-refractivity contribution in [2.75, 3.05) is 32.8 Å². The third-order valence-corrected chi connectivity index (χ3v) is 5.70. The molecule has 0 saturated carbocycles. The molecule has 166 valence electrons. The Morgan fingerprint density at radius 1 is 1.06 bits per heavy atom. The van der Waals surface area contributed by atoms with Crippen LogP contribution in [0.1, 0.15) is 48.0 Å². The molecular weight excluding hydrogens is 393 g/mol. The summed E-state index contributed by atoms with van der Waals surface area (Å²) in [5.41, 5.74) is 8.12. The van der Waals surface area contributed by atoms with E-state index < -0.39 is 0 Å². The van der Waals surface area contributed by atoms with Crippen LogP contribution < -0.4 is 5.73 Å². The summed E-state index contributed by atoms with van der Waals surface area (Å²) in [5.74, 6) is -0.158. The summed E-state index contributed by atoms with van der Waals surface area (Å²) in [6.07, 6.45) is 4.52. The van der Waals surface area contributed by atoms with Crippen LogP contribution in [-0.2, 0) is 4.84 Å². The molecule has 0 aromatic heterocycles. The number of halogens is 1. The Hall–Kier alpha value is -2.57. The lowest BCUT2D eigenvalue weighted by molar-refractivity contribution is 0.0907. The highest BCUT2D eigenvalue weighted by Gasteiger charge is 2.24. The van der Waals surface area contributed by atoms with E-state index in [9.17, 15) is 9.18 Å². The van der Waals surface area contributed by atoms with E-state index in [1.165, 1.54) is 12.1 Å². The summed E-state index contributed by atoms with van der Waals surface area (Å²) in [5, 5.41) is 4.31. The third kappa shape index (κ3) is 7.26. The number of nitrogens with two attached hydrogens (primary N) is 1. The Balaban J connectivity index is 1.49. The predicted molar refractivity (Wildman–Crippen MR) is 122 cm³/mol. The lowest BCUT2D eigenvalue weighted by Gasteiger charge is -2.20. The van der Waals surface area contributed by atoms with Crippen molar-refractivity contribution in [3.05, 3.63) is 71.5 Å². The van der Waals surface area contributed by atoms with Crippen molar-refractivity contribution in [2.45, 2.75) is 32.1 Å². The van der Waals surface area contributed by atoms with Gasteiger partial charge in [0.05, 0.1) is 5.71 Å². The monoisotopic (exact) mass is 425 g/mol. The van der Waals surface area contributed by atoms with E-state index >= 15 is 0 Å². The molecule has 2 N–H and O–H groups in total. The number of nitrogens with zero attached hydrogens (tertiary/aromatic N) is 2. The molecule has 0 radical (unpaired) electrons. The van der Waals surface area contributed by atoms with Crippen LogP contribution in [-0.4, -0.2) is 49.2 Å². The van der Waals surface area contributed by atoms with Gasteiger partial charge in [-0.05, 0) is 81.6 Å². The van der Waals surface area contributed by atoms with E-state index in [1.807, 2.05) is 30.3 Å². The minimum Gasteiger partial charge on any atom is -0.394 e. The number of ketones is 1. The van der Waals surface area contributed by atoms with Gasteiger partial charge in [0.2, 0.25) is 0 Å². The second-order valence-corrected chi connectivity index (χ2v) is 7.97. The van der Waals surface area contributed by atoms with E-state index in [0.717, 1.165) is 63.0 Å². The highest BCUT2D eigenvalue weighted by atomic mass is 19.1. The summed E-state index contributed by atoms with van der Waals surface area (Å²) in [6, 6.07) is 16.0. The number of hydrogen-bond donors (Lipinski definition) is 1. The van der Waals surface area contributed by atoms with E-state index in [2.05, 4.69) is 10.1 Å². The van der Waals surface area contributed by atoms with Crippen molar-refractivity contribution < 1.29 is 14.0 Å². The Labute approximate surface area is 184 Å². The largest absolute Gasteiger partial charge is 0.394 e. The van der Waals surface area contributed by atoms with Gasteiger partial charge in [0.1, 0.15) is 12.4 Å². The van der Waals surface area contributed by atoms with E-state index in [-0.39, 0.29) is 17.5 Å². The molecule has 0 amide bonds. The topological polar surface area (TPSA) is 67.9 Å². The van der Waals surface area contributed by atoms with E-state index in [4.69, 9.17) is 10.6 Å². The molecule has 0 aliphatic carbocycles. The minimum absolute atomic E-state index is 0.0153. The number of carbonyl (C=O) groups is 1. The van der Waals surface area contributed by atoms with Crippen LogP contribution in [0.5, 0.6) is 0 Å². The standard InChI is InChI=1S/C25H32FN3O2/c26-23-12-10-22(11-13-23)25(30)21-8-4-16-29(18-14-21)17-5-9-24(28-31-19-15-27)20-6-2-1-3-7-20/h1-3,6-7,10-13,21H,4-5,8-9,14-19,27H2. The fourth-order valence-electron chi connectivity index (χ4n) is 4.01. The van der Waals surface area contributed by atoms with Gasteiger partial charge < -0.3 is 15.5 Å². The van der Waals surface area contributed by atoms with Crippen molar-refractivity contribution in [2.24, 2.45) is 16.8 Å². The molecular formula is C25H32FN3O2. The summed E-state index contributed by atoms with van der Waals surface area (Å²) >= 11 is 0.